The lowest BCUT2D eigenvalue weighted by Crippen LogP contribution is -2.45. The standard InChI is InChI=1S/C15H22F3N3O2.2ClH/c1-3-14(4-2,9-19)13(22)21-8-11-6-5-7-20-12(11)23-10-15(16,17)18;;/h5-7H,3-4,8-10,19H2,1-2H3,(H,21,22);2*1H. The Labute approximate surface area is 157 Å². The first kappa shape index (κ1) is 26.0. The van der Waals surface area contributed by atoms with Crippen molar-refractivity contribution in [1.29, 1.82) is 0 Å². The second-order valence-electron chi connectivity index (χ2n) is 5.25. The third-order valence-electron chi connectivity index (χ3n) is 3.89. The average molecular weight is 406 g/mol. The van der Waals surface area contributed by atoms with Crippen LogP contribution >= 0.6 is 24.8 Å². The summed E-state index contributed by atoms with van der Waals surface area (Å²) in [4.78, 5) is 16.1. The van der Waals surface area contributed by atoms with E-state index in [0.717, 1.165) is 0 Å². The minimum atomic E-state index is -4.45. The third kappa shape index (κ3) is 7.66. The largest absolute Gasteiger partial charge is 0.468 e. The lowest BCUT2D eigenvalue weighted by molar-refractivity contribution is -0.154. The van der Waals surface area contributed by atoms with E-state index in [4.69, 9.17) is 5.73 Å². The first-order valence-corrected chi connectivity index (χ1v) is 7.39. The van der Waals surface area contributed by atoms with Crippen LogP contribution in [0.25, 0.3) is 0 Å². The Hall–Kier alpha value is -1.25. The van der Waals surface area contributed by atoms with Crippen molar-refractivity contribution in [2.75, 3.05) is 13.2 Å². The zero-order valence-electron chi connectivity index (χ0n) is 14.1. The fourth-order valence-electron chi connectivity index (χ4n) is 2.15. The number of ether oxygens (including phenoxy) is 1. The van der Waals surface area contributed by atoms with Crippen LogP contribution in [0.1, 0.15) is 32.3 Å². The molecule has 1 heterocycles. The molecule has 0 atom stereocenters. The third-order valence-corrected chi connectivity index (χ3v) is 3.89. The Morgan fingerprint density at radius 1 is 1.28 bits per heavy atom. The van der Waals surface area contributed by atoms with Gasteiger partial charge in [0.2, 0.25) is 11.8 Å². The van der Waals surface area contributed by atoms with Gasteiger partial charge in [-0.2, -0.15) is 13.2 Å². The predicted octanol–water partition coefficient (Wildman–Crippen LogP) is 3.25. The summed E-state index contributed by atoms with van der Waals surface area (Å²) in [5.41, 5.74) is 5.41. The number of pyridine rings is 1. The summed E-state index contributed by atoms with van der Waals surface area (Å²) < 4.78 is 41.4. The number of hydrogen-bond donors (Lipinski definition) is 2. The van der Waals surface area contributed by atoms with Gasteiger partial charge < -0.3 is 15.8 Å². The van der Waals surface area contributed by atoms with Crippen molar-refractivity contribution in [2.45, 2.75) is 39.4 Å². The molecule has 3 N–H and O–H groups in total. The molecule has 0 aliphatic carbocycles. The van der Waals surface area contributed by atoms with Crippen LogP contribution in [0.2, 0.25) is 0 Å². The van der Waals surface area contributed by atoms with E-state index in [1.165, 1.54) is 6.20 Å². The molecular formula is C15H24Cl2F3N3O2. The number of amides is 1. The number of halogens is 5. The van der Waals surface area contributed by atoms with Gasteiger partial charge in [0.15, 0.2) is 6.61 Å². The topological polar surface area (TPSA) is 77.2 Å². The summed E-state index contributed by atoms with van der Waals surface area (Å²) in [6, 6.07) is 3.12. The monoisotopic (exact) mass is 405 g/mol. The van der Waals surface area contributed by atoms with E-state index >= 15 is 0 Å². The van der Waals surface area contributed by atoms with Gasteiger partial charge in [0.25, 0.3) is 0 Å². The SMILES string of the molecule is CCC(CC)(CN)C(=O)NCc1cccnc1OCC(F)(F)F.Cl.Cl. The van der Waals surface area contributed by atoms with Crippen molar-refractivity contribution in [3.05, 3.63) is 23.9 Å². The van der Waals surface area contributed by atoms with Crippen LogP contribution < -0.4 is 15.8 Å². The molecule has 0 aromatic carbocycles. The molecule has 146 valence electrons. The van der Waals surface area contributed by atoms with Crippen LogP contribution in [-0.4, -0.2) is 30.2 Å². The second kappa shape index (κ2) is 11.4. The molecule has 0 aliphatic rings. The predicted molar refractivity (Wildman–Crippen MR) is 94.2 cm³/mol. The molecule has 1 rings (SSSR count). The van der Waals surface area contributed by atoms with Crippen LogP contribution in [0.5, 0.6) is 5.88 Å². The van der Waals surface area contributed by atoms with Crippen LogP contribution in [0.3, 0.4) is 0 Å². The molecule has 10 heteroatoms. The quantitative estimate of drug-likeness (QED) is 0.695. The molecule has 0 saturated carbocycles. The molecule has 5 nitrogen and oxygen atoms in total. The molecule has 0 spiro atoms. The van der Waals surface area contributed by atoms with E-state index in [-0.39, 0.29) is 49.7 Å². The fourth-order valence-corrected chi connectivity index (χ4v) is 2.15. The highest BCUT2D eigenvalue weighted by atomic mass is 35.5. The summed E-state index contributed by atoms with van der Waals surface area (Å²) in [7, 11) is 0. The number of nitrogens with zero attached hydrogens (tertiary/aromatic N) is 1. The lowest BCUT2D eigenvalue weighted by Gasteiger charge is -2.28. The summed E-state index contributed by atoms with van der Waals surface area (Å²) in [5, 5.41) is 2.71. The maximum absolute atomic E-state index is 12.3. The van der Waals surface area contributed by atoms with Gasteiger partial charge in [-0.3, -0.25) is 4.79 Å². The summed E-state index contributed by atoms with van der Waals surface area (Å²) in [6.07, 6.45) is -1.96. The number of alkyl halides is 3. The van der Waals surface area contributed by atoms with Crippen LogP contribution in [0, 0.1) is 5.41 Å². The molecule has 25 heavy (non-hydrogen) atoms. The number of nitrogens with two attached hydrogens (primary N) is 1. The normalized spacial score (nSPS) is 11.1. The van der Waals surface area contributed by atoms with Gasteiger partial charge in [0.05, 0.1) is 5.41 Å². The summed E-state index contributed by atoms with van der Waals surface area (Å²) >= 11 is 0. The maximum Gasteiger partial charge on any atom is 0.422 e. The molecule has 0 fully saturated rings. The van der Waals surface area contributed by atoms with Gasteiger partial charge in [-0.15, -0.1) is 24.8 Å². The Kier molecular flexibility index (Phi) is 11.8. The highest BCUT2D eigenvalue weighted by molar-refractivity contribution is 5.85. The van der Waals surface area contributed by atoms with Crippen molar-refractivity contribution in [2.24, 2.45) is 11.1 Å². The summed E-state index contributed by atoms with van der Waals surface area (Å²) in [6.45, 7) is 2.55. The Bertz CT molecular complexity index is 519. The van der Waals surface area contributed by atoms with Gasteiger partial charge in [-0.25, -0.2) is 4.98 Å². The van der Waals surface area contributed by atoms with Crippen LogP contribution in [0.15, 0.2) is 18.3 Å². The van der Waals surface area contributed by atoms with E-state index in [1.807, 2.05) is 13.8 Å². The van der Waals surface area contributed by atoms with Crippen LogP contribution in [-0.2, 0) is 11.3 Å². The number of hydrogen-bond acceptors (Lipinski definition) is 4. The van der Waals surface area contributed by atoms with E-state index in [9.17, 15) is 18.0 Å². The van der Waals surface area contributed by atoms with Crippen molar-refractivity contribution < 1.29 is 22.7 Å². The van der Waals surface area contributed by atoms with Gasteiger partial charge >= 0.3 is 6.18 Å². The number of aromatic nitrogens is 1. The van der Waals surface area contributed by atoms with Gasteiger partial charge in [-0.1, -0.05) is 19.9 Å². The number of carbonyl (C=O) groups excluding carboxylic acids is 1. The number of nitrogens with one attached hydrogen (secondary N) is 1. The van der Waals surface area contributed by atoms with Crippen molar-refractivity contribution in [1.82, 2.24) is 10.3 Å². The van der Waals surface area contributed by atoms with Gasteiger partial charge in [-0.05, 0) is 18.9 Å². The zero-order valence-corrected chi connectivity index (χ0v) is 15.7. The Morgan fingerprint density at radius 3 is 2.36 bits per heavy atom. The Balaban J connectivity index is 0. The van der Waals surface area contributed by atoms with E-state index in [0.29, 0.717) is 18.4 Å². The zero-order chi connectivity index (χ0) is 17.5. The lowest BCUT2D eigenvalue weighted by atomic mass is 9.81. The molecule has 1 aromatic heterocycles. The molecule has 0 unspecified atom stereocenters. The molecule has 0 aliphatic heterocycles. The van der Waals surface area contributed by atoms with Crippen LogP contribution in [0.4, 0.5) is 13.2 Å². The molecule has 0 saturated heterocycles. The molecule has 0 radical (unpaired) electrons. The molecule has 1 aromatic rings. The second-order valence-corrected chi connectivity index (χ2v) is 5.25. The minimum absolute atomic E-state index is 0. The number of rotatable bonds is 8. The molecular weight excluding hydrogens is 382 g/mol. The average Bonchev–Trinajstić information content (AvgIpc) is 2.53. The highest BCUT2D eigenvalue weighted by Gasteiger charge is 2.33. The fraction of sp³-hybridized carbons (Fsp3) is 0.600. The van der Waals surface area contributed by atoms with Crippen molar-refractivity contribution in [3.8, 4) is 5.88 Å². The smallest absolute Gasteiger partial charge is 0.422 e. The Morgan fingerprint density at radius 2 is 1.88 bits per heavy atom. The maximum atomic E-state index is 12.3. The first-order chi connectivity index (χ1) is 10.8. The van der Waals surface area contributed by atoms with Gasteiger partial charge in [0.1, 0.15) is 0 Å². The number of carbonyl (C=O) groups is 1. The van der Waals surface area contributed by atoms with E-state index in [1.54, 1.807) is 12.1 Å². The minimum Gasteiger partial charge on any atom is -0.468 e. The van der Waals surface area contributed by atoms with Crippen molar-refractivity contribution >= 4 is 30.7 Å². The van der Waals surface area contributed by atoms with Crippen molar-refractivity contribution in [3.63, 3.8) is 0 Å². The van der Waals surface area contributed by atoms with E-state index in [2.05, 4.69) is 15.0 Å². The molecule has 1 amide bonds. The summed E-state index contributed by atoms with van der Waals surface area (Å²) in [5.74, 6) is -0.368. The van der Waals surface area contributed by atoms with E-state index < -0.39 is 18.2 Å². The first-order valence-electron chi connectivity index (χ1n) is 7.39. The highest BCUT2D eigenvalue weighted by Crippen LogP contribution is 2.25. The molecule has 0 bridgehead atoms. The van der Waals surface area contributed by atoms with Gasteiger partial charge in [0, 0.05) is 24.8 Å².